The monoisotopic (exact) mass is 369 g/mol. The van der Waals surface area contributed by atoms with Gasteiger partial charge in [-0.15, -0.1) is 0 Å². The Hall–Kier alpha value is -3.22. The molecule has 7 heteroatoms. The minimum Gasteiger partial charge on any atom is -0.340 e. The Morgan fingerprint density at radius 2 is 1.70 bits per heavy atom. The molecular weight excluding hydrogens is 346 g/mol. The summed E-state index contributed by atoms with van der Waals surface area (Å²) in [6, 6.07) is 10.8. The Balaban J connectivity index is 2.21. The van der Waals surface area contributed by atoms with Crippen LogP contribution in [-0.2, 0) is 4.79 Å². The van der Waals surface area contributed by atoms with Crippen LogP contribution in [0.25, 0.3) is 0 Å². The first-order valence-electron chi connectivity index (χ1n) is 8.63. The summed E-state index contributed by atoms with van der Waals surface area (Å²) in [6.07, 6.45) is 0. The molecule has 0 fully saturated rings. The fourth-order valence-corrected chi connectivity index (χ4v) is 2.75. The summed E-state index contributed by atoms with van der Waals surface area (Å²) in [4.78, 5) is 35.9. The number of nitro groups is 1. The largest absolute Gasteiger partial charge is 0.340 e. The molecule has 2 amide bonds. The van der Waals surface area contributed by atoms with E-state index >= 15 is 0 Å². The molecule has 0 spiro atoms. The van der Waals surface area contributed by atoms with Crippen LogP contribution in [0.1, 0.15) is 35.3 Å². The van der Waals surface area contributed by atoms with Gasteiger partial charge in [0, 0.05) is 11.6 Å². The van der Waals surface area contributed by atoms with E-state index in [0.29, 0.717) is 16.8 Å². The first kappa shape index (κ1) is 20.1. The van der Waals surface area contributed by atoms with Crippen molar-refractivity contribution in [1.29, 1.82) is 0 Å². The van der Waals surface area contributed by atoms with Gasteiger partial charge in [-0.25, -0.2) is 0 Å². The molecule has 0 aromatic heterocycles. The van der Waals surface area contributed by atoms with Gasteiger partial charge in [0.25, 0.3) is 11.6 Å². The maximum Gasteiger partial charge on any atom is 0.274 e. The first-order valence-corrected chi connectivity index (χ1v) is 8.63. The highest BCUT2D eigenvalue weighted by atomic mass is 16.6. The van der Waals surface area contributed by atoms with Crippen LogP contribution in [-0.4, -0.2) is 22.8 Å². The van der Waals surface area contributed by atoms with Crippen molar-refractivity contribution in [2.24, 2.45) is 5.92 Å². The number of rotatable bonds is 6. The molecule has 0 unspecified atom stereocenters. The van der Waals surface area contributed by atoms with E-state index in [1.54, 1.807) is 25.1 Å². The quantitative estimate of drug-likeness (QED) is 0.600. The molecule has 2 N–H and O–H groups in total. The van der Waals surface area contributed by atoms with Crippen molar-refractivity contribution in [2.75, 3.05) is 5.32 Å². The van der Waals surface area contributed by atoms with Crippen LogP contribution >= 0.6 is 0 Å². The van der Waals surface area contributed by atoms with Crippen molar-refractivity contribution in [3.63, 3.8) is 0 Å². The van der Waals surface area contributed by atoms with E-state index in [1.165, 1.54) is 12.1 Å². The zero-order chi connectivity index (χ0) is 20.1. The van der Waals surface area contributed by atoms with Crippen LogP contribution in [0.3, 0.4) is 0 Å². The molecule has 2 aromatic carbocycles. The van der Waals surface area contributed by atoms with Gasteiger partial charge in [0.15, 0.2) is 0 Å². The van der Waals surface area contributed by atoms with Crippen LogP contribution in [0.5, 0.6) is 0 Å². The third kappa shape index (κ3) is 4.69. The maximum atomic E-state index is 12.7. The number of carbonyl (C=O) groups is 2. The summed E-state index contributed by atoms with van der Waals surface area (Å²) in [5.41, 5.74) is 1.96. The minimum absolute atomic E-state index is 0.0714. The standard InChI is InChI=1S/C20H23N3O4/c1-12(2)18(22-19(24)15-9-6-5-8-13(15)3)20(25)21-16-10-7-11-17(14(16)4)23(26)27/h5-12,18H,1-4H3,(H,21,25)(H,22,24)/t18-/m0/s1. The molecule has 27 heavy (non-hydrogen) atoms. The van der Waals surface area contributed by atoms with Gasteiger partial charge in [-0.3, -0.25) is 19.7 Å². The number of hydrogen-bond donors (Lipinski definition) is 2. The number of nitro benzene ring substituents is 1. The van der Waals surface area contributed by atoms with Gasteiger partial charge in [0.2, 0.25) is 5.91 Å². The van der Waals surface area contributed by atoms with Crippen LogP contribution < -0.4 is 10.6 Å². The number of benzene rings is 2. The van der Waals surface area contributed by atoms with Crippen molar-refractivity contribution in [3.8, 4) is 0 Å². The molecule has 0 aliphatic carbocycles. The fraction of sp³-hybridized carbons (Fsp3) is 0.300. The second-order valence-electron chi connectivity index (χ2n) is 6.71. The van der Waals surface area contributed by atoms with Crippen molar-refractivity contribution in [2.45, 2.75) is 33.7 Å². The van der Waals surface area contributed by atoms with Crippen LogP contribution in [0, 0.1) is 29.9 Å². The number of aryl methyl sites for hydroxylation is 1. The van der Waals surface area contributed by atoms with Gasteiger partial charge < -0.3 is 10.6 Å². The second-order valence-corrected chi connectivity index (χ2v) is 6.71. The normalized spacial score (nSPS) is 11.7. The summed E-state index contributed by atoms with van der Waals surface area (Å²) in [7, 11) is 0. The van der Waals surface area contributed by atoms with E-state index < -0.39 is 16.9 Å². The number of amides is 2. The summed E-state index contributed by atoms with van der Waals surface area (Å²) in [5, 5.41) is 16.5. The number of nitrogens with zero attached hydrogens (tertiary/aromatic N) is 1. The fourth-order valence-electron chi connectivity index (χ4n) is 2.75. The Kier molecular flexibility index (Phi) is 6.28. The van der Waals surface area contributed by atoms with E-state index in [9.17, 15) is 19.7 Å². The number of nitrogens with one attached hydrogen (secondary N) is 2. The molecule has 2 rings (SSSR count). The molecule has 0 aliphatic heterocycles. The van der Waals surface area contributed by atoms with E-state index in [-0.39, 0.29) is 17.5 Å². The molecule has 0 aliphatic rings. The van der Waals surface area contributed by atoms with Crippen LogP contribution in [0.4, 0.5) is 11.4 Å². The topological polar surface area (TPSA) is 101 Å². The molecule has 142 valence electrons. The van der Waals surface area contributed by atoms with E-state index in [4.69, 9.17) is 0 Å². The Labute approximate surface area is 157 Å². The third-order valence-corrected chi connectivity index (χ3v) is 4.39. The zero-order valence-electron chi connectivity index (χ0n) is 15.8. The van der Waals surface area contributed by atoms with Crippen LogP contribution in [0.15, 0.2) is 42.5 Å². The smallest absolute Gasteiger partial charge is 0.274 e. The molecule has 0 radical (unpaired) electrons. The molecule has 0 saturated carbocycles. The number of hydrogen-bond acceptors (Lipinski definition) is 4. The third-order valence-electron chi connectivity index (χ3n) is 4.39. The number of carbonyl (C=O) groups excluding carboxylic acids is 2. The molecule has 2 aromatic rings. The molecule has 1 atom stereocenters. The summed E-state index contributed by atoms with van der Waals surface area (Å²) in [5.74, 6) is -0.926. The van der Waals surface area contributed by atoms with Gasteiger partial charge in [-0.05, 0) is 37.5 Å². The van der Waals surface area contributed by atoms with Gasteiger partial charge in [0.05, 0.1) is 16.2 Å². The second kappa shape index (κ2) is 8.44. The van der Waals surface area contributed by atoms with E-state index in [2.05, 4.69) is 10.6 Å². The predicted octanol–water partition coefficient (Wildman–Crippen LogP) is 3.60. The van der Waals surface area contributed by atoms with Gasteiger partial charge in [0.1, 0.15) is 6.04 Å². The van der Waals surface area contributed by atoms with Gasteiger partial charge in [-0.2, -0.15) is 0 Å². The lowest BCUT2D eigenvalue weighted by molar-refractivity contribution is -0.385. The zero-order valence-corrected chi connectivity index (χ0v) is 15.8. The molecule has 0 bridgehead atoms. The lowest BCUT2D eigenvalue weighted by Gasteiger charge is -2.22. The average molecular weight is 369 g/mol. The van der Waals surface area contributed by atoms with Gasteiger partial charge in [-0.1, -0.05) is 38.1 Å². The van der Waals surface area contributed by atoms with E-state index in [1.807, 2.05) is 32.9 Å². The first-order chi connectivity index (χ1) is 12.7. The average Bonchev–Trinajstić information content (AvgIpc) is 2.61. The highest BCUT2D eigenvalue weighted by molar-refractivity contribution is 6.02. The van der Waals surface area contributed by atoms with Crippen molar-refractivity contribution in [3.05, 3.63) is 69.3 Å². The predicted molar refractivity (Wildman–Crippen MR) is 104 cm³/mol. The van der Waals surface area contributed by atoms with Crippen LogP contribution in [0.2, 0.25) is 0 Å². The highest BCUT2D eigenvalue weighted by Gasteiger charge is 2.26. The molecule has 0 saturated heterocycles. The summed E-state index contributed by atoms with van der Waals surface area (Å²) >= 11 is 0. The molecular formula is C20H23N3O4. The molecule has 0 heterocycles. The Morgan fingerprint density at radius 3 is 2.30 bits per heavy atom. The van der Waals surface area contributed by atoms with Crippen molar-refractivity contribution >= 4 is 23.2 Å². The van der Waals surface area contributed by atoms with Crippen molar-refractivity contribution < 1.29 is 14.5 Å². The Bertz CT molecular complexity index is 877. The minimum atomic E-state index is -0.782. The van der Waals surface area contributed by atoms with Crippen molar-refractivity contribution in [1.82, 2.24) is 5.32 Å². The lowest BCUT2D eigenvalue weighted by atomic mass is 10.0. The number of anilines is 1. The summed E-state index contributed by atoms with van der Waals surface area (Å²) < 4.78 is 0. The summed E-state index contributed by atoms with van der Waals surface area (Å²) in [6.45, 7) is 7.04. The van der Waals surface area contributed by atoms with E-state index in [0.717, 1.165) is 5.56 Å². The lowest BCUT2D eigenvalue weighted by Crippen LogP contribution is -2.47. The van der Waals surface area contributed by atoms with Gasteiger partial charge >= 0.3 is 0 Å². The maximum absolute atomic E-state index is 12.7. The SMILES string of the molecule is Cc1ccccc1C(=O)N[C@H](C(=O)Nc1cccc([N+](=O)[O-])c1C)C(C)C. The highest BCUT2D eigenvalue weighted by Crippen LogP contribution is 2.25. The molecule has 7 nitrogen and oxygen atoms in total. The Morgan fingerprint density at radius 1 is 1.04 bits per heavy atom.